The third-order valence-corrected chi connectivity index (χ3v) is 3.70. The second kappa shape index (κ2) is 20.8. The predicted molar refractivity (Wildman–Crippen MR) is 62.7 cm³/mol. The summed E-state index contributed by atoms with van der Waals surface area (Å²) in [6.45, 7) is -0.701. The zero-order valence-electron chi connectivity index (χ0n) is 14.9. The molecule has 18 heteroatoms. The summed E-state index contributed by atoms with van der Waals surface area (Å²) < 4.78 is 62.7. The van der Waals surface area contributed by atoms with E-state index >= 15 is 0 Å². The molecule has 0 amide bonds. The summed E-state index contributed by atoms with van der Waals surface area (Å²) in [6.07, 6.45) is 0. The maximum absolute atomic E-state index is 10.6. The molecular weight excluding hydrogens is 505 g/mol. The number of aliphatic carboxylic acids is 2. The van der Waals surface area contributed by atoms with E-state index in [2.05, 4.69) is 10.6 Å². The van der Waals surface area contributed by atoms with Gasteiger partial charge in [0.15, 0.2) is 0 Å². The van der Waals surface area contributed by atoms with Crippen LogP contribution in [0.4, 0.5) is 0 Å². The Hall–Kier alpha value is 5.23. The molecule has 0 aromatic rings. The average Bonchev–Trinajstić information content (AvgIpc) is 2.27. The van der Waals surface area contributed by atoms with Crippen molar-refractivity contribution >= 4 is 32.2 Å². The molecule has 0 fully saturated rings. The Balaban J connectivity index is -0.000000367. The molecule has 130 valence electrons. The van der Waals surface area contributed by atoms with Crippen LogP contribution in [0.3, 0.4) is 0 Å². The van der Waals surface area contributed by atoms with E-state index in [-0.39, 0.29) is 219 Å². The van der Waals surface area contributed by atoms with Crippen molar-refractivity contribution in [1.82, 2.24) is 10.6 Å². The van der Waals surface area contributed by atoms with Gasteiger partial charge in [0.25, 0.3) is 0 Å². The zero-order valence-corrected chi connectivity index (χ0v) is 29.0. The number of hydrogen-bond donors (Lipinski definition) is 2. The first kappa shape index (κ1) is 41.5. The van der Waals surface area contributed by atoms with Crippen LogP contribution in [0, 0.1) is 0 Å². The maximum Gasteiger partial charge on any atom is 1.00 e. The van der Waals surface area contributed by atoms with E-state index < -0.39 is 55.8 Å². The van der Waals surface area contributed by atoms with E-state index in [1.807, 2.05) is 0 Å². The van der Waals surface area contributed by atoms with Crippen LogP contribution in [0.2, 0.25) is 0 Å². The van der Waals surface area contributed by atoms with Gasteiger partial charge in [0.2, 0.25) is 0 Å². The maximum atomic E-state index is 10.6. The molecule has 0 saturated heterocycles. The fourth-order valence-electron chi connectivity index (χ4n) is 1.32. The number of nitrogens with one attached hydrogen (secondary N) is 2. The summed E-state index contributed by atoms with van der Waals surface area (Å²) in [6, 6.07) is -3.65. The Labute approximate surface area is 321 Å². The van der Waals surface area contributed by atoms with Crippen LogP contribution >= 0.6 is 0 Å². The van der Waals surface area contributed by atoms with Crippen molar-refractivity contribution in [3.05, 3.63) is 0 Å². The molecule has 2 N–H and O–H groups in total. The minimum atomic E-state index is -4.84. The van der Waals surface area contributed by atoms with E-state index in [4.69, 9.17) is 0 Å². The summed E-state index contributed by atoms with van der Waals surface area (Å²) in [5, 5.41) is 25.3. The third kappa shape index (κ3) is 25.5. The standard InChI is InChI=1S/C8H16N2O10S2.4K/c11-7(12)5(3-21(15,16)17)9-1-2-10-6(8(13)14)4-22(18,19)20;;;;/h5-6,9-10H,1-4H2,(H,11,12)(H,13,14)(H,15,16,17)(H,18,19,20);;;;/q;4*+1/p-4/t5-,6-;;;;/m0..../s1. The minimum absolute atomic E-state index is 0. The molecule has 0 radical (unpaired) electrons. The molecule has 0 aromatic carbocycles. The van der Waals surface area contributed by atoms with Gasteiger partial charge in [-0.15, -0.1) is 0 Å². The Bertz CT molecular complexity index is 561. The van der Waals surface area contributed by atoms with Gasteiger partial charge in [-0.25, -0.2) is 16.8 Å². The molecule has 0 heterocycles. The number of hydrogen-bond acceptors (Lipinski definition) is 12. The van der Waals surface area contributed by atoms with Gasteiger partial charge in [-0.2, -0.15) is 0 Å². The quantitative estimate of drug-likeness (QED) is 0.148. The molecular formula is C8H12K4N2O10S2. The van der Waals surface area contributed by atoms with Crippen LogP contribution in [-0.2, 0) is 29.8 Å². The third-order valence-electron chi connectivity index (χ3n) is 2.22. The molecule has 0 aliphatic heterocycles. The van der Waals surface area contributed by atoms with Crippen LogP contribution in [-0.4, -0.2) is 74.6 Å². The molecule has 0 rings (SSSR count). The van der Waals surface area contributed by atoms with Crippen molar-refractivity contribution < 1.29 is 251 Å². The van der Waals surface area contributed by atoms with Gasteiger partial charge in [0, 0.05) is 13.1 Å². The normalized spacial score (nSPS) is 12.8. The van der Waals surface area contributed by atoms with E-state index in [0.29, 0.717) is 0 Å². The van der Waals surface area contributed by atoms with Crippen LogP contribution in [0.25, 0.3) is 0 Å². The van der Waals surface area contributed by atoms with E-state index in [9.17, 15) is 45.7 Å². The van der Waals surface area contributed by atoms with Crippen molar-refractivity contribution in [1.29, 1.82) is 0 Å². The zero-order chi connectivity index (χ0) is 17.6. The van der Waals surface area contributed by atoms with E-state index in [0.717, 1.165) is 0 Å². The van der Waals surface area contributed by atoms with Crippen molar-refractivity contribution in [2.45, 2.75) is 12.1 Å². The van der Waals surface area contributed by atoms with Crippen LogP contribution in [0.1, 0.15) is 0 Å². The number of carboxylic acids is 2. The Kier molecular flexibility index (Phi) is 33.2. The van der Waals surface area contributed by atoms with E-state index in [1.54, 1.807) is 0 Å². The fourth-order valence-corrected chi connectivity index (χ4v) is 2.65. The van der Waals surface area contributed by atoms with Crippen LogP contribution < -0.4 is 226 Å². The SMILES string of the molecule is O=C([O-])[C@H](CS(=O)(=O)[O-])NCCN[C@@H](CS(=O)(=O)[O-])C(=O)[O-].[K+].[K+].[K+].[K+]. The van der Waals surface area contributed by atoms with Gasteiger partial charge < -0.3 is 39.5 Å². The van der Waals surface area contributed by atoms with Gasteiger partial charge >= 0.3 is 206 Å². The van der Waals surface area contributed by atoms with Gasteiger partial charge in [0.1, 0.15) is 0 Å². The van der Waals surface area contributed by atoms with Crippen molar-refractivity contribution in [3.63, 3.8) is 0 Å². The van der Waals surface area contributed by atoms with Gasteiger partial charge in [-0.1, -0.05) is 0 Å². The number of carbonyl (C=O) groups is 2. The summed E-state index contributed by atoms with van der Waals surface area (Å²) in [5.74, 6) is -6.29. The smallest absolute Gasteiger partial charge is 0.748 e. The van der Waals surface area contributed by atoms with E-state index in [1.165, 1.54) is 0 Å². The predicted octanol–water partition coefficient (Wildman–Crippen LogP) is -18.5. The molecule has 0 spiro atoms. The fraction of sp³-hybridized carbons (Fsp3) is 0.750. The van der Waals surface area contributed by atoms with Gasteiger partial charge in [-0.3, -0.25) is 0 Å². The molecule has 2 atom stereocenters. The molecule has 0 saturated carbocycles. The first-order chi connectivity index (χ1) is 9.82. The first-order valence-corrected chi connectivity index (χ1v) is 8.73. The summed E-state index contributed by atoms with van der Waals surface area (Å²) in [5.41, 5.74) is 0. The molecule has 0 aliphatic carbocycles. The molecule has 0 bridgehead atoms. The second-order valence-electron chi connectivity index (χ2n) is 4.10. The number of rotatable bonds is 11. The number of carboxylic acid groups (broad SMARTS) is 2. The van der Waals surface area contributed by atoms with Crippen molar-refractivity contribution in [2.24, 2.45) is 0 Å². The Morgan fingerprint density at radius 3 is 1.08 bits per heavy atom. The Morgan fingerprint density at radius 1 is 0.692 bits per heavy atom. The first-order valence-electron chi connectivity index (χ1n) is 5.57. The molecule has 0 aliphatic rings. The monoisotopic (exact) mass is 516 g/mol. The summed E-state index contributed by atoms with van der Waals surface area (Å²) in [4.78, 5) is 21.2. The summed E-state index contributed by atoms with van der Waals surface area (Å²) >= 11 is 0. The largest absolute Gasteiger partial charge is 1.00 e. The second-order valence-corrected chi connectivity index (χ2v) is 7.00. The van der Waals surface area contributed by atoms with Gasteiger partial charge in [-0.05, 0) is 0 Å². The molecule has 12 nitrogen and oxygen atoms in total. The number of carbonyl (C=O) groups excluding carboxylic acids is 2. The molecule has 0 unspecified atom stereocenters. The van der Waals surface area contributed by atoms with Crippen molar-refractivity contribution in [2.75, 3.05) is 24.6 Å². The average molecular weight is 517 g/mol. The summed E-state index contributed by atoms with van der Waals surface area (Å²) in [7, 11) is -9.68. The molecule has 26 heavy (non-hydrogen) atoms. The van der Waals surface area contributed by atoms with Crippen molar-refractivity contribution in [3.8, 4) is 0 Å². The minimum Gasteiger partial charge on any atom is -0.748 e. The van der Waals surface area contributed by atoms with Gasteiger partial charge in [0.05, 0.1) is 55.8 Å². The van der Waals surface area contributed by atoms with Crippen LogP contribution in [0.15, 0.2) is 0 Å². The topological polar surface area (TPSA) is 219 Å². The van der Waals surface area contributed by atoms with Crippen LogP contribution in [0.5, 0.6) is 0 Å². The Morgan fingerprint density at radius 2 is 0.923 bits per heavy atom. The molecule has 0 aromatic heterocycles.